The number of hydrogen-bond acceptors (Lipinski definition) is 4. The van der Waals surface area contributed by atoms with Crippen LogP contribution in [-0.2, 0) is 9.59 Å². The van der Waals surface area contributed by atoms with Crippen molar-refractivity contribution in [2.24, 2.45) is 5.92 Å². The molecule has 1 saturated carbocycles. The van der Waals surface area contributed by atoms with Crippen LogP contribution in [0.2, 0.25) is 10.0 Å². The van der Waals surface area contributed by atoms with Gasteiger partial charge in [-0.2, -0.15) is 0 Å². The zero-order valence-electron chi connectivity index (χ0n) is 14.4. The number of halogens is 2. The Labute approximate surface area is 166 Å². The Bertz CT molecular complexity index is 888. The Balaban J connectivity index is 1.38. The smallest absolute Gasteiger partial charge is 0.239 e. The molecule has 1 aromatic carbocycles. The molecule has 6 nitrogen and oxygen atoms in total. The van der Waals surface area contributed by atoms with Crippen molar-refractivity contribution in [2.75, 3.05) is 29.9 Å². The molecule has 1 saturated heterocycles. The molecule has 0 bridgehead atoms. The number of amides is 2. The van der Waals surface area contributed by atoms with Crippen molar-refractivity contribution >= 4 is 46.5 Å². The van der Waals surface area contributed by atoms with E-state index in [0.29, 0.717) is 35.4 Å². The van der Waals surface area contributed by atoms with Crippen LogP contribution in [0.3, 0.4) is 0 Å². The topological polar surface area (TPSA) is 74.3 Å². The van der Waals surface area contributed by atoms with Gasteiger partial charge in [-0.25, -0.2) is 4.98 Å². The molecule has 0 spiro atoms. The maximum Gasteiger partial charge on any atom is 0.239 e. The lowest BCUT2D eigenvalue weighted by molar-refractivity contribution is -0.120. The largest absolute Gasteiger partial charge is 0.353 e. The summed E-state index contributed by atoms with van der Waals surface area (Å²) in [5.41, 5.74) is 1.55. The molecule has 2 N–H and O–H groups in total. The van der Waals surface area contributed by atoms with Crippen LogP contribution in [0.5, 0.6) is 0 Å². The molecule has 2 aliphatic rings. The molecule has 4 rings (SSSR count). The maximum atomic E-state index is 12.5. The van der Waals surface area contributed by atoms with Gasteiger partial charge in [0.25, 0.3) is 0 Å². The number of nitrogens with zero attached hydrogens (tertiary/aromatic N) is 2. The third-order valence-corrected chi connectivity index (χ3v) is 5.72. The second-order valence-corrected chi connectivity index (χ2v) is 7.54. The van der Waals surface area contributed by atoms with Crippen LogP contribution in [0.25, 0.3) is 0 Å². The fourth-order valence-electron chi connectivity index (χ4n) is 3.35. The lowest BCUT2D eigenvalue weighted by atomic mass is 10.1. The predicted molar refractivity (Wildman–Crippen MR) is 105 cm³/mol. The van der Waals surface area contributed by atoms with E-state index in [-0.39, 0.29) is 23.7 Å². The summed E-state index contributed by atoms with van der Waals surface area (Å²) in [5, 5.41) is 6.71. The summed E-state index contributed by atoms with van der Waals surface area (Å²) in [5.74, 6) is 0.627. The molecule has 2 amide bonds. The summed E-state index contributed by atoms with van der Waals surface area (Å²) in [4.78, 5) is 30.3. The molecular formula is C19H18Cl2N4O2. The number of aromatic nitrogens is 1. The Morgan fingerprint density at radius 3 is 2.85 bits per heavy atom. The van der Waals surface area contributed by atoms with Crippen LogP contribution in [0, 0.1) is 5.92 Å². The van der Waals surface area contributed by atoms with Gasteiger partial charge in [-0.15, -0.1) is 0 Å². The van der Waals surface area contributed by atoms with Gasteiger partial charge in [0, 0.05) is 19.0 Å². The molecule has 0 radical (unpaired) electrons. The number of piperazine rings is 1. The van der Waals surface area contributed by atoms with Gasteiger partial charge in [0.05, 0.1) is 28.5 Å². The van der Waals surface area contributed by atoms with Gasteiger partial charge in [0.15, 0.2) is 0 Å². The first kappa shape index (κ1) is 18.1. The first-order valence-electron chi connectivity index (χ1n) is 8.75. The van der Waals surface area contributed by atoms with E-state index in [0.717, 1.165) is 17.8 Å². The number of rotatable bonds is 4. The van der Waals surface area contributed by atoms with Gasteiger partial charge < -0.3 is 15.5 Å². The molecule has 2 heterocycles. The van der Waals surface area contributed by atoms with Crippen molar-refractivity contribution in [1.82, 2.24) is 10.3 Å². The summed E-state index contributed by atoms with van der Waals surface area (Å²) in [6, 6.07) is 9.12. The maximum absolute atomic E-state index is 12.5. The standard InChI is InChI=1S/C19H18Cl2N4O2/c20-15-3-1-2-12(18(15)21)13-8-14(13)19(27)24-11-4-5-16(23-9-11)25-7-6-22-17(26)10-25/h1-5,9,13-14H,6-8,10H2,(H,22,26)(H,24,27). The number of pyridine rings is 1. The van der Waals surface area contributed by atoms with E-state index < -0.39 is 0 Å². The average Bonchev–Trinajstić information content (AvgIpc) is 3.45. The van der Waals surface area contributed by atoms with Gasteiger partial charge in [-0.3, -0.25) is 9.59 Å². The van der Waals surface area contributed by atoms with Crippen LogP contribution in [0.1, 0.15) is 17.9 Å². The lowest BCUT2D eigenvalue weighted by Gasteiger charge is -2.27. The highest BCUT2D eigenvalue weighted by Gasteiger charge is 2.45. The van der Waals surface area contributed by atoms with Crippen molar-refractivity contribution in [3.8, 4) is 0 Å². The molecule has 2 fully saturated rings. The quantitative estimate of drug-likeness (QED) is 0.820. The zero-order valence-corrected chi connectivity index (χ0v) is 15.9. The first-order valence-corrected chi connectivity index (χ1v) is 9.51. The second kappa shape index (κ2) is 7.37. The van der Waals surface area contributed by atoms with Crippen LogP contribution in [0.15, 0.2) is 36.5 Å². The van der Waals surface area contributed by atoms with Crippen molar-refractivity contribution in [3.63, 3.8) is 0 Å². The summed E-state index contributed by atoms with van der Waals surface area (Å²) >= 11 is 12.3. The Hall–Kier alpha value is -2.31. The first-order chi connectivity index (χ1) is 13.0. The van der Waals surface area contributed by atoms with E-state index in [1.807, 2.05) is 23.1 Å². The molecule has 27 heavy (non-hydrogen) atoms. The minimum absolute atomic E-state index is 0.0140. The monoisotopic (exact) mass is 404 g/mol. The molecule has 2 aromatic rings. The zero-order chi connectivity index (χ0) is 19.0. The Kier molecular flexibility index (Phi) is 4.93. The van der Waals surface area contributed by atoms with Gasteiger partial charge in [0.2, 0.25) is 11.8 Å². The average molecular weight is 405 g/mol. The molecular weight excluding hydrogens is 387 g/mol. The second-order valence-electron chi connectivity index (χ2n) is 6.76. The third-order valence-electron chi connectivity index (χ3n) is 4.89. The number of benzene rings is 1. The van der Waals surface area contributed by atoms with Crippen LogP contribution < -0.4 is 15.5 Å². The third kappa shape index (κ3) is 3.87. The summed E-state index contributed by atoms with van der Waals surface area (Å²) in [7, 11) is 0. The Morgan fingerprint density at radius 2 is 2.11 bits per heavy atom. The summed E-state index contributed by atoms with van der Waals surface area (Å²) in [6.07, 6.45) is 2.36. The number of carbonyl (C=O) groups is 2. The van der Waals surface area contributed by atoms with Crippen molar-refractivity contribution in [2.45, 2.75) is 12.3 Å². The number of hydrogen-bond donors (Lipinski definition) is 2. The van der Waals surface area contributed by atoms with Crippen molar-refractivity contribution < 1.29 is 9.59 Å². The summed E-state index contributed by atoms with van der Waals surface area (Å²) in [6.45, 7) is 1.62. The molecule has 1 aromatic heterocycles. The number of nitrogens with one attached hydrogen (secondary N) is 2. The van der Waals surface area contributed by atoms with Gasteiger partial charge in [-0.05, 0) is 36.1 Å². The number of carbonyl (C=O) groups excluding carboxylic acids is 2. The van der Waals surface area contributed by atoms with Crippen LogP contribution in [0.4, 0.5) is 11.5 Å². The Morgan fingerprint density at radius 1 is 1.26 bits per heavy atom. The van der Waals surface area contributed by atoms with E-state index in [1.54, 1.807) is 18.3 Å². The van der Waals surface area contributed by atoms with E-state index in [2.05, 4.69) is 15.6 Å². The van der Waals surface area contributed by atoms with E-state index in [1.165, 1.54) is 0 Å². The lowest BCUT2D eigenvalue weighted by Crippen LogP contribution is -2.48. The molecule has 1 aliphatic heterocycles. The van der Waals surface area contributed by atoms with E-state index >= 15 is 0 Å². The minimum atomic E-state index is -0.119. The number of anilines is 2. The summed E-state index contributed by atoms with van der Waals surface area (Å²) < 4.78 is 0. The van der Waals surface area contributed by atoms with Crippen molar-refractivity contribution in [3.05, 3.63) is 52.1 Å². The van der Waals surface area contributed by atoms with Gasteiger partial charge in [0.1, 0.15) is 5.82 Å². The van der Waals surface area contributed by atoms with Crippen LogP contribution in [-0.4, -0.2) is 36.4 Å². The van der Waals surface area contributed by atoms with Crippen molar-refractivity contribution in [1.29, 1.82) is 0 Å². The normalized spacial score (nSPS) is 21.6. The van der Waals surface area contributed by atoms with E-state index in [9.17, 15) is 9.59 Å². The minimum Gasteiger partial charge on any atom is -0.353 e. The molecule has 1 aliphatic carbocycles. The SMILES string of the molecule is O=C1CN(c2ccc(NC(=O)C3CC3c3cccc(Cl)c3Cl)cn2)CCN1. The fourth-order valence-corrected chi connectivity index (χ4v) is 3.80. The predicted octanol–water partition coefficient (Wildman–Crippen LogP) is 3.07. The molecule has 2 atom stereocenters. The van der Waals surface area contributed by atoms with E-state index in [4.69, 9.17) is 23.2 Å². The highest BCUT2D eigenvalue weighted by Crippen LogP contribution is 2.51. The molecule has 8 heteroatoms. The van der Waals surface area contributed by atoms with Gasteiger partial charge >= 0.3 is 0 Å². The molecule has 2 unspecified atom stereocenters. The van der Waals surface area contributed by atoms with Crippen LogP contribution >= 0.6 is 23.2 Å². The highest BCUT2D eigenvalue weighted by molar-refractivity contribution is 6.42. The fraction of sp³-hybridized carbons (Fsp3) is 0.316. The molecule has 140 valence electrons. The highest BCUT2D eigenvalue weighted by atomic mass is 35.5. The van der Waals surface area contributed by atoms with Gasteiger partial charge in [-0.1, -0.05) is 35.3 Å².